The standard InChI is InChI=1S/C16H22N2O2/c1-12-3-5-15(6-4-12)20-13(2)16(19)18-11-14-7-9-17-10-8-14/h3-7,13,17H,8-11H2,1-2H3,(H,18,19). The maximum atomic E-state index is 12.0. The fraction of sp³-hybridized carbons (Fsp3) is 0.438. The molecule has 0 bridgehead atoms. The van der Waals surface area contributed by atoms with Gasteiger partial charge in [-0.2, -0.15) is 0 Å². The summed E-state index contributed by atoms with van der Waals surface area (Å²) < 4.78 is 5.63. The first-order chi connectivity index (χ1) is 9.65. The number of hydrogen-bond donors (Lipinski definition) is 2. The van der Waals surface area contributed by atoms with Gasteiger partial charge in [0.2, 0.25) is 0 Å². The van der Waals surface area contributed by atoms with Crippen LogP contribution in [-0.2, 0) is 4.79 Å². The van der Waals surface area contributed by atoms with Crippen molar-refractivity contribution in [2.24, 2.45) is 0 Å². The van der Waals surface area contributed by atoms with Gasteiger partial charge in [0.25, 0.3) is 5.91 Å². The molecule has 0 aliphatic carbocycles. The highest BCUT2D eigenvalue weighted by Crippen LogP contribution is 2.13. The molecule has 1 aliphatic rings. The molecule has 0 saturated carbocycles. The minimum absolute atomic E-state index is 0.0787. The van der Waals surface area contributed by atoms with Gasteiger partial charge in [0.05, 0.1) is 0 Å². The van der Waals surface area contributed by atoms with E-state index in [0.717, 1.165) is 25.3 Å². The SMILES string of the molecule is Cc1ccc(OC(C)C(=O)NCC2=CCNCC2)cc1. The quantitative estimate of drug-likeness (QED) is 0.805. The molecule has 1 amide bonds. The van der Waals surface area contributed by atoms with E-state index in [2.05, 4.69) is 16.7 Å². The average molecular weight is 274 g/mol. The molecule has 1 aromatic carbocycles. The first-order valence-corrected chi connectivity index (χ1v) is 7.05. The molecule has 108 valence electrons. The third-order valence-corrected chi connectivity index (χ3v) is 3.35. The first kappa shape index (κ1) is 14.6. The van der Waals surface area contributed by atoms with Crippen molar-refractivity contribution in [2.75, 3.05) is 19.6 Å². The van der Waals surface area contributed by atoms with Gasteiger partial charge in [-0.05, 0) is 38.9 Å². The highest BCUT2D eigenvalue weighted by Gasteiger charge is 2.15. The molecule has 1 aliphatic heterocycles. The molecule has 1 heterocycles. The maximum absolute atomic E-state index is 12.0. The molecule has 4 nitrogen and oxygen atoms in total. The topological polar surface area (TPSA) is 50.4 Å². The zero-order chi connectivity index (χ0) is 14.4. The Hall–Kier alpha value is -1.81. The lowest BCUT2D eigenvalue weighted by Gasteiger charge is -2.17. The number of nitrogens with one attached hydrogen (secondary N) is 2. The van der Waals surface area contributed by atoms with Gasteiger partial charge in [-0.15, -0.1) is 0 Å². The summed E-state index contributed by atoms with van der Waals surface area (Å²) in [6, 6.07) is 7.71. The van der Waals surface area contributed by atoms with E-state index in [4.69, 9.17) is 4.74 Å². The molecule has 2 N–H and O–H groups in total. The van der Waals surface area contributed by atoms with Crippen LogP contribution in [0.3, 0.4) is 0 Å². The van der Waals surface area contributed by atoms with Crippen LogP contribution in [0.25, 0.3) is 0 Å². The van der Waals surface area contributed by atoms with Crippen molar-refractivity contribution >= 4 is 5.91 Å². The molecular weight excluding hydrogens is 252 g/mol. The van der Waals surface area contributed by atoms with Gasteiger partial charge in [0.15, 0.2) is 6.10 Å². The van der Waals surface area contributed by atoms with Crippen LogP contribution >= 0.6 is 0 Å². The summed E-state index contributed by atoms with van der Waals surface area (Å²) in [5, 5.41) is 6.17. The third kappa shape index (κ3) is 4.38. The van der Waals surface area contributed by atoms with Gasteiger partial charge in [0, 0.05) is 13.1 Å². The van der Waals surface area contributed by atoms with Crippen molar-refractivity contribution in [3.63, 3.8) is 0 Å². The second-order valence-electron chi connectivity index (χ2n) is 5.11. The number of aryl methyl sites for hydroxylation is 1. The predicted molar refractivity (Wildman–Crippen MR) is 79.8 cm³/mol. The fourth-order valence-corrected chi connectivity index (χ4v) is 2.05. The molecule has 0 spiro atoms. The van der Waals surface area contributed by atoms with Crippen molar-refractivity contribution in [3.8, 4) is 5.75 Å². The molecule has 0 saturated heterocycles. The average Bonchev–Trinajstić information content (AvgIpc) is 2.48. The molecule has 2 rings (SSSR count). The summed E-state index contributed by atoms with van der Waals surface area (Å²) in [7, 11) is 0. The number of carbonyl (C=O) groups is 1. The van der Waals surface area contributed by atoms with Gasteiger partial charge < -0.3 is 15.4 Å². The van der Waals surface area contributed by atoms with E-state index in [1.807, 2.05) is 31.2 Å². The van der Waals surface area contributed by atoms with Crippen molar-refractivity contribution in [3.05, 3.63) is 41.5 Å². The number of amides is 1. The lowest BCUT2D eigenvalue weighted by Crippen LogP contribution is -2.38. The monoisotopic (exact) mass is 274 g/mol. The van der Waals surface area contributed by atoms with Gasteiger partial charge in [-0.1, -0.05) is 29.3 Å². The van der Waals surface area contributed by atoms with Crippen LogP contribution in [0.2, 0.25) is 0 Å². The first-order valence-electron chi connectivity index (χ1n) is 7.05. The van der Waals surface area contributed by atoms with E-state index >= 15 is 0 Å². The molecule has 1 atom stereocenters. The molecule has 4 heteroatoms. The van der Waals surface area contributed by atoms with Crippen LogP contribution in [0.4, 0.5) is 0 Å². The summed E-state index contributed by atoms with van der Waals surface area (Å²) in [6.45, 7) is 6.28. The van der Waals surface area contributed by atoms with Crippen LogP contribution in [0.1, 0.15) is 18.9 Å². The summed E-state index contributed by atoms with van der Waals surface area (Å²) in [4.78, 5) is 12.0. The van der Waals surface area contributed by atoms with E-state index in [1.54, 1.807) is 6.92 Å². The molecule has 1 unspecified atom stereocenters. The highest BCUT2D eigenvalue weighted by molar-refractivity contribution is 5.80. The lowest BCUT2D eigenvalue weighted by atomic mass is 10.1. The maximum Gasteiger partial charge on any atom is 0.261 e. The van der Waals surface area contributed by atoms with Crippen molar-refractivity contribution in [1.82, 2.24) is 10.6 Å². The van der Waals surface area contributed by atoms with Crippen LogP contribution in [0.5, 0.6) is 5.75 Å². The van der Waals surface area contributed by atoms with Crippen LogP contribution in [-0.4, -0.2) is 31.6 Å². The Balaban J connectivity index is 1.79. The minimum Gasteiger partial charge on any atom is -0.481 e. The number of rotatable bonds is 5. The Bertz CT molecular complexity index is 480. The summed E-state index contributed by atoms with van der Waals surface area (Å²) in [5.41, 5.74) is 2.45. The lowest BCUT2D eigenvalue weighted by molar-refractivity contribution is -0.127. The Morgan fingerprint density at radius 2 is 2.15 bits per heavy atom. The zero-order valence-corrected chi connectivity index (χ0v) is 12.1. The van der Waals surface area contributed by atoms with Crippen LogP contribution in [0, 0.1) is 6.92 Å². The number of hydrogen-bond acceptors (Lipinski definition) is 3. The third-order valence-electron chi connectivity index (χ3n) is 3.35. The Morgan fingerprint density at radius 1 is 1.40 bits per heavy atom. The van der Waals surface area contributed by atoms with Crippen molar-refractivity contribution in [2.45, 2.75) is 26.4 Å². The Morgan fingerprint density at radius 3 is 2.80 bits per heavy atom. The van der Waals surface area contributed by atoms with Crippen molar-refractivity contribution in [1.29, 1.82) is 0 Å². The number of ether oxygens (including phenoxy) is 1. The number of carbonyl (C=O) groups excluding carboxylic acids is 1. The zero-order valence-electron chi connectivity index (χ0n) is 12.1. The number of benzene rings is 1. The molecular formula is C16H22N2O2. The molecule has 20 heavy (non-hydrogen) atoms. The molecule has 0 aromatic heterocycles. The van der Waals surface area contributed by atoms with Gasteiger partial charge in [0.1, 0.15) is 5.75 Å². The van der Waals surface area contributed by atoms with E-state index in [-0.39, 0.29) is 5.91 Å². The smallest absolute Gasteiger partial charge is 0.261 e. The Kier molecular flexibility index (Phi) is 5.18. The predicted octanol–water partition coefficient (Wildman–Crippen LogP) is 1.80. The Labute approximate surface area is 120 Å². The van der Waals surface area contributed by atoms with Crippen LogP contribution < -0.4 is 15.4 Å². The van der Waals surface area contributed by atoms with E-state index < -0.39 is 6.10 Å². The molecule has 1 aromatic rings. The van der Waals surface area contributed by atoms with E-state index in [1.165, 1.54) is 11.1 Å². The van der Waals surface area contributed by atoms with E-state index in [9.17, 15) is 4.79 Å². The second kappa shape index (κ2) is 7.10. The van der Waals surface area contributed by atoms with Gasteiger partial charge >= 0.3 is 0 Å². The molecule has 0 fully saturated rings. The van der Waals surface area contributed by atoms with E-state index in [0.29, 0.717) is 6.54 Å². The highest BCUT2D eigenvalue weighted by atomic mass is 16.5. The van der Waals surface area contributed by atoms with Gasteiger partial charge in [-0.25, -0.2) is 0 Å². The second-order valence-corrected chi connectivity index (χ2v) is 5.11. The normalized spacial score (nSPS) is 16.2. The summed E-state index contributed by atoms with van der Waals surface area (Å²) >= 11 is 0. The van der Waals surface area contributed by atoms with Crippen LogP contribution in [0.15, 0.2) is 35.9 Å². The fourth-order valence-electron chi connectivity index (χ4n) is 2.05. The summed E-state index contributed by atoms with van der Waals surface area (Å²) in [6.07, 6.45) is 2.64. The molecule has 0 radical (unpaired) electrons. The summed E-state index contributed by atoms with van der Waals surface area (Å²) in [5.74, 6) is 0.643. The largest absolute Gasteiger partial charge is 0.481 e. The van der Waals surface area contributed by atoms with Crippen molar-refractivity contribution < 1.29 is 9.53 Å². The minimum atomic E-state index is -0.486. The van der Waals surface area contributed by atoms with Gasteiger partial charge in [-0.3, -0.25) is 4.79 Å².